The molecule has 0 saturated heterocycles. The Bertz CT molecular complexity index is 646. The van der Waals surface area contributed by atoms with Gasteiger partial charge in [0.15, 0.2) is 0 Å². The summed E-state index contributed by atoms with van der Waals surface area (Å²) in [5.41, 5.74) is 4.36. The van der Waals surface area contributed by atoms with E-state index in [-0.39, 0.29) is 18.5 Å². The second-order valence-electron chi connectivity index (χ2n) is 6.94. The molecule has 2 nitrogen and oxygen atoms in total. The number of hydrogen-bond acceptors (Lipinski definition) is 3. The third-order valence-electron chi connectivity index (χ3n) is 4.62. The SMILES string of the molecule is CSC1=C(C(C)C)N(C)C(C(C)C)C(CO)=C1c1ccc(F)cc1. The number of halogens is 1. The molecule has 132 valence electrons. The minimum Gasteiger partial charge on any atom is -0.392 e. The van der Waals surface area contributed by atoms with Gasteiger partial charge in [-0.3, -0.25) is 0 Å². The molecule has 1 aliphatic heterocycles. The van der Waals surface area contributed by atoms with E-state index in [9.17, 15) is 9.50 Å². The van der Waals surface area contributed by atoms with E-state index < -0.39 is 0 Å². The van der Waals surface area contributed by atoms with E-state index in [0.29, 0.717) is 11.8 Å². The number of likely N-dealkylation sites (N-methyl/N-ethyl adjacent to an activating group) is 1. The summed E-state index contributed by atoms with van der Waals surface area (Å²) in [5, 5.41) is 10.2. The predicted molar refractivity (Wildman–Crippen MR) is 102 cm³/mol. The van der Waals surface area contributed by atoms with Crippen molar-refractivity contribution in [1.29, 1.82) is 0 Å². The Morgan fingerprint density at radius 1 is 1.17 bits per heavy atom. The molecular weight excluding hydrogens is 321 g/mol. The zero-order valence-corrected chi connectivity index (χ0v) is 16.2. The van der Waals surface area contributed by atoms with Crippen molar-refractivity contribution in [3.63, 3.8) is 0 Å². The largest absolute Gasteiger partial charge is 0.392 e. The maximum absolute atomic E-state index is 13.4. The van der Waals surface area contributed by atoms with Crippen molar-refractivity contribution < 1.29 is 9.50 Å². The Morgan fingerprint density at radius 3 is 2.17 bits per heavy atom. The molecular formula is C20H28FNOS. The fourth-order valence-corrected chi connectivity index (χ4v) is 4.84. The van der Waals surface area contributed by atoms with E-state index in [1.165, 1.54) is 22.7 Å². The van der Waals surface area contributed by atoms with Gasteiger partial charge in [-0.2, -0.15) is 0 Å². The molecule has 0 radical (unpaired) electrons. The van der Waals surface area contributed by atoms with Gasteiger partial charge >= 0.3 is 0 Å². The van der Waals surface area contributed by atoms with E-state index in [4.69, 9.17) is 0 Å². The van der Waals surface area contributed by atoms with Gasteiger partial charge in [0.25, 0.3) is 0 Å². The van der Waals surface area contributed by atoms with Crippen LogP contribution in [0.2, 0.25) is 0 Å². The summed E-state index contributed by atoms with van der Waals surface area (Å²) in [7, 11) is 2.12. The molecule has 1 aliphatic rings. The van der Waals surface area contributed by atoms with Gasteiger partial charge in [-0.05, 0) is 41.4 Å². The number of aliphatic hydroxyl groups excluding tert-OH is 1. The van der Waals surface area contributed by atoms with Crippen LogP contribution in [0.4, 0.5) is 4.39 Å². The number of hydrogen-bond donors (Lipinski definition) is 1. The fourth-order valence-electron chi connectivity index (χ4n) is 3.80. The maximum atomic E-state index is 13.4. The van der Waals surface area contributed by atoms with Crippen LogP contribution >= 0.6 is 11.8 Å². The molecule has 0 amide bonds. The molecule has 4 heteroatoms. The zero-order chi connectivity index (χ0) is 18.0. The predicted octanol–water partition coefficient (Wildman–Crippen LogP) is 4.77. The molecule has 24 heavy (non-hydrogen) atoms. The lowest BCUT2D eigenvalue weighted by Crippen LogP contribution is -2.42. The summed E-state index contributed by atoms with van der Waals surface area (Å²) in [5.74, 6) is 0.496. The first kappa shape index (κ1) is 19.1. The van der Waals surface area contributed by atoms with Gasteiger partial charge in [-0.25, -0.2) is 4.39 Å². The van der Waals surface area contributed by atoms with Crippen LogP contribution in [0.5, 0.6) is 0 Å². The van der Waals surface area contributed by atoms with Crippen LogP contribution in [0, 0.1) is 17.7 Å². The first-order valence-electron chi connectivity index (χ1n) is 8.44. The summed E-state index contributed by atoms with van der Waals surface area (Å²) in [6.07, 6.45) is 2.07. The number of benzene rings is 1. The van der Waals surface area contributed by atoms with E-state index in [1.54, 1.807) is 11.8 Å². The van der Waals surface area contributed by atoms with Crippen LogP contribution in [0.3, 0.4) is 0 Å². The highest BCUT2D eigenvalue weighted by atomic mass is 32.2. The molecule has 0 bridgehead atoms. The highest BCUT2D eigenvalue weighted by Gasteiger charge is 2.35. The molecule has 0 saturated carbocycles. The van der Waals surface area contributed by atoms with Crippen molar-refractivity contribution in [3.05, 3.63) is 51.8 Å². The van der Waals surface area contributed by atoms with Crippen molar-refractivity contribution in [2.75, 3.05) is 19.9 Å². The fraction of sp³-hybridized carbons (Fsp3) is 0.500. The Morgan fingerprint density at radius 2 is 1.75 bits per heavy atom. The van der Waals surface area contributed by atoms with Gasteiger partial charge in [0.1, 0.15) is 5.82 Å². The molecule has 1 unspecified atom stereocenters. The Kier molecular flexibility index (Phi) is 6.16. The van der Waals surface area contributed by atoms with E-state index in [2.05, 4.69) is 45.9 Å². The summed E-state index contributed by atoms with van der Waals surface area (Å²) in [6.45, 7) is 8.77. The first-order valence-corrected chi connectivity index (χ1v) is 9.67. The van der Waals surface area contributed by atoms with Crippen LogP contribution in [-0.4, -0.2) is 36.0 Å². The summed E-state index contributed by atoms with van der Waals surface area (Å²) in [6, 6.07) is 6.76. The number of aliphatic hydroxyl groups is 1. The monoisotopic (exact) mass is 349 g/mol. The quantitative estimate of drug-likeness (QED) is 0.828. The lowest BCUT2D eigenvalue weighted by Gasteiger charge is -2.44. The molecule has 0 spiro atoms. The normalized spacial score (nSPS) is 19.1. The molecule has 1 aromatic rings. The molecule has 0 fully saturated rings. The average Bonchev–Trinajstić information content (AvgIpc) is 2.53. The Labute approximate surface area is 149 Å². The lowest BCUT2D eigenvalue weighted by atomic mass is 9.83. The molecule has 0 aromatic heterocycles. The topological polar surface area (TPSA) is 23.5 Å². The van der Waals surface area contributed by atoms with Gasteiger partial charge < -0.3 is 10.0 Å². The van der Waals surface area contributed by atoms with Gasteiger partial charge in [-0.15, -0.1) is 11.8 Å². The van der Waals surface area contributed by atoms with Gasteiger partial charge in [0.05, 0.1) is 12.6 Å². The second kappa shape index (κ2) is 7.75. The Hall–Kier alpha value is -1.26. The van der Waals surface area contributed by atoms with Crippen LogP contribution in [0.15, 0.2) is 40.4 Å². The number of allylic oxidation sites excluding steroid dienone is 2. The van der Waals surface area contributed by atoms with Gasteiger partial charge in [-0.1, -0.05) is 39.8 Å². The summed E-state index contributed by atoms with van der Waals surface area (Å²) < 4.78 is 13.4. The standard InChI is InChI=1S/C20H28FNOS/c1-12(2)18-16(11-23)17(14-7-9-15(21)10-8-14)20(24-6)19(13(3)4)22(18)5/h7-10,12-13,18,23H,11H2,1-6H3. The molecule has 1 atom stereocenters. The lowest BCUT2D eigenvalue weighted by molar-refractivity contribution is 0.220. The molecule has 1 heterocycles. The molecule has 0 aliphatic carbocycles. The van der Waals surface area contributed by atoms with Gasteiger partial charge in [0.2, 0.25) is 0 Å². The number of thioether (sulfide) groups is 1. The smallest absolute Gasteiger partial charge is 0.123 e. The molecule has 1 aromatic carbocycles. The van der Waals surface area contributed by atoms with Crippen molar-refractivity contribution in [1.82, 2.24) is 4.90 Å². The number of nitrogens with zero attached hydrogens (tertiary/aromatic N) is 1. The highest BCUT2D eigenvalue weighted by molar-refractivity contribution is 8.03. The van der Waals surface area contributed by atoms with E-state index in [0.717, 1.165) is 16.7 Å². The zero-order valence-electron chi connectivity index (χ0n) is 15.4. The summed E-state index contributed by atoms with van der Waals surface area (Å²) >= 11 is 1.70. The maximum Gasteiger partial charge on any atom is 0.123 e. The third-order valence-corrected chi connectivity index (χ3v) is 5.44. The average molecular weight is 350 g/mol. The molecule has 1 N–H and O–H groups in total. The first-order chi connectivity index (χ1) is 11.3. The van der Waals surface area contributed by atoms with Crippen molar-refractivity contribution in [3.8, 4) is 0 Å². The Balaban J connectivity index is 2.78. The van der Waals surface area contributed by atoms with E-state index >= 15 is 0 Å². The highest BCUT2D eigenvalue weighted by Crippen LogP contribution is 2.45. The molecule has 2 rings (SSSR count). The number of rotatable bonds is 5. The van der Waals surface area contributed by atoms with Crippen LogP contribution < -0.4 is 0 Å². The van der Waals surface area contributed by atoms with Crippen LogP contribution in [-0.2, 0) is 0 Å². The second-order valence-corrected chi connectivity index (χ2v) is 7.75. The van der Waals surface area contributed by atoms with Crippen LogP contribution in [0.1, 0.15) is 33.3 Å². The minimum absolute atomic E-state index is 0.00926. The van der Waals surface area contributed by atoms with Gasteiger partial charge in [0, 0.05) is 23.2 Å². The van der Waals surface area contributed by atoms with Crippen molar-refractivity contribution in [2.24, 2.45) is 11.8 Å². The summed E-state index contributed by atoms with van der Waals surface area (Å²) in [4.78, 5) is 3.50. The van der Waals surface area contributed by atoms with Crippen molar-refractivity contribution in [2.45, 2.75) is 33.7 Å². The minimum atomic E-state index is -0.239. The van der Waals surface area contributed by atoms with Crippen molar-refractivity contribution >= 4 is 17.3 Å². The van der Waals surface area contributed by atoms with E-state index in [1.807, 2.05) is 12.1 Å². The third kappa shape index (κ3) is 3.40. The van der Waals surface area contributed by atoms with Crippen LogP contribution in [0.25, 0.3) is 5.57 Å².